The lowest BCUT2D eigenvalue weighted by molar-refractivity contribution is 0.222. The van der Waals surface area contributed by atoms with Crippen LogP contribution < -0.4 is 9.47 Å². The number of fused-ring (bicyclic) bond motifs is 2. The van der Waals surface area contributed by atoms with E-state index in [1.807, 2.05) is 36.4 Å². The van der Waals surface area contributed by atoms with Crippen molar-refractivity contribution in [1.29, 1.82) is 0 Å². The third-order valence-corrected chi connectivity index (χ3v) is 7.68. The van der Waals surface area contributed by atoms with E-state index in [1.54, 1.807) is 0 Å². The van der Waals surface area contributed by atoms with Gasteiger partial charge in [0.05, 0.1) is 22.1 Å². The van der Waals surface area contributed by atoms with Gasteiger partial charge in [-0.3, -0.25) is 0 Å². The molecule has 0 atom stereocenters. The first kappa shape index (κ1) is 31.5. The second kappa shape index (κ2) is 14.7. The van der Waals surface area contributed by atoms with Crippen LogP contribution in [0.5, 0.6) is 11.5 Å². The van der Waals surface area contributed by atoms with Crippen LogP contribution in [0.25, 0.3) is 44.8 Å². The van der Waals surface area contributed by atoms with Crippen LogP contribution in [0.1, 0.15) is 0 Å². The minimum absolute atomic E-state index is 0.642. The molecule has 0 bridgehead atoms. The standard InChI is InChI=1S/C34H46N8O2/c1-39(2)15-17-41(5)19-21-43-27-11-13-29-31(23-27)37-33(35-29)25-7-9-26(10-8-25)34-36-30-14-12-28(24-32(30)38-34)44-22-20-42(6)18-16-40(3)4/h7-14,23-24H,15-22H2,1-6H3,(H,35,37)(H,36,38). The van der Waals surface area contributed by atoms with E-state index in [9.17, 15) is 0 Å². The lowest BCUT2D eigenvalue weighted by Crippen LogP contribution is -2.31. The molecule has 2 N–H and O–H groups in total. The molecule has 2 aromatic heterocycles. The minimum Gasteiger partial charge on any atom is -0.492 e. The summed E-state index contributed by atoms with van der Waals surface area (Å²) < 4.78 is 12.0. The van der Waals surface area contributed by atoms with Gasteiger partial charge in [0.2, 0.25) is 0 Å². The molecule has 5 rings (SSSR count). The van der Waals surface area contributed by atoms with Gasteiger partial charge in [0.25, 0.3) is 0 Å². The molecule has 0 spiro atoms. The van der Waals surface area contributed by atoms with E-state index in [4.69, 9.17) is 19.4 Å². The van der Waals surface area contributed by atoms with Crippen LogP contribution >= 0.6 is 0 Å². The molecule has 0 saturated heterocycles. The summed E-state index contributed by atoms with van der Waals surface area (Å²) in [5.41, 5.74) is 5.76. The first-order valence-corrected chi connectivity index (χ1v) is 15.3. The van der Waals surface area contributed by atoms with Crippen molar-refractivity contribution in [2.45, 2.75) is 0 Å². The third kappa shape index (κ3) is 8.57. The van der Waals surface area contributed by atoms with Crippen LogP contribution in [0.4, 0.5) is 0 Å². The monoisotopic (exact) mass is 598 g/mol. The topological polar surface area (TPSA) is 88.8 Å². The van der Waals surface area contributed by atoms with Crippen molar-refractivity contribution in [2.24, 2.45) is 0 Å². The predicted molar refractivity (Wildman–Crippen MR) is 180 cm³/mol. The molecule has 234 valence electrons. The Hall–Kier alpha value is -3.96. The summed E-state index contributed by atoms with van der Waals surface area (Å²) in [5, 5.41) is 0. The van der Waals surface area contributed by atoms with E-state index in [2.05, 4.69) is 96.1 Å². The molecule has 0 aliphatic heterocycles. The lowest BCUT2D eigenvalue weighted by Gasteiger charge is -2.19. The molecular formula is C34H46N8O2. The average molecular weight is 599 g/mol. The van der Waals surface area contributed by atoms with Crippen molar-refractivity contribution in [1.82, 2.24) is 39.5 Å². The van der Waals surface area contributed by atoms with Crippen molar-refractivity contribution in [3.05, 3.63) is 60.7 Å². The van der Waals surface area contributed by atoms with Gasteiger partial charge >= 0.3 is 0 Å². The number of aromatic nitrogens is 4. The first-order chi connectivity index (χ1) is 21.2. The number of ether oxygens (including phenoxy) is 2. The Bertz CT molecular complexity index is 1500. The molecule has 0 aliphatic carbocycles. The number of H-pyrrole nitrogens is 2. The molecule has 0 amide bonds. The number of imidazole rings is 2. The number of benzene rings is 3. The molecule has 0 fully saturated rings. The zero-order valence-corrected chi connectivity index (χ0v) is 26.9. The van der Waals surface area contributed by atoms with Crippen LogP contribution in [-0.2, 0) is 0 Å². The number of nitrogens with one attached hydrogen (secondary N) is 2. The van der Waals surface area contributed by atoms with Crippen LogP contribution in [0.3, 0.4) is 0 Å². The normalized spacial score (nSPS) is 12.0. The number of likely N-dealkylation sites (N-methyl/N-ethyl adjacent to an activating group) is 4. The number of rotatable bonds is 16. The van der Waals surface area contributed by atoms with Gasteiger partial charge in [-0.1, -0.05) is 24.3 Å². The SMILES string of the molecule is CN(C)CCN(C)CCOc1ccc2nc(-c3ccc(-c4nc5ccc(OCCN(C)CCN(C)C)cc5[nH]4)cc3)[nH]c2c1. The highest BCUT2D eigenvalue weighted by molar-refractivity contribution is 5.82. The number of hydrogen-bond acceptors (Lipinski definition) is 8. The fourth-order valence-corrected chi connectivity index (χ4v) is 4.82. The highest BCUT2D eigenvalue weighted by Gasteiger charge is 2.11. The predicted octanol–water partition coefficient (Wildman–Crippen LogP) is 4.52. The number of hydrogen-bond donors (Lipinski definition) is 2. The second-order valence-electron chi connectivity index (χ2n) is 12.0. The summed E-state index contributed by atoms with van der Waals surface area (Å²) in [5.74, 6) is 3.33. The maximum atomic E-state index is 6.02. The van der Waals surface area contributed by atoms with Crippen molar-refractivity contribution < 1.29 is 9.47 Å². The fraction of sp³-hybridized carbons (Fsp3) is 0.412. The maximum absolute atomic E-state index is 6.02. The largest absolute Gasteiger partial charge is 0.492 e. The van der Waals surface area contributed by atoms with E-state index >= 15 is 0 Å². The molecule has 10 heteroatoms. The van der Waals surface area contributed by atoms with Gasteiger partial charge in [-0.25, -0.2) is 9.97 Å². The number of nitrogens with zero attached hydrogens (tertiary/aromatic N) is 6. The zero-order valence-electron chi connectivity index (χ0n) is 26.9. The Labute approximate surface area is 260 Å². The summed E-state index contributed by atoms with van der Waals surface area (Å²) in [6.07, 6.45) is 0. The Morgan fingerprint density at radius 3 is 1.32 bits per heavy atom. The summed E-state index contributed by atoms with van der Waals surface area (Å²) in [7, 11) is 12.6. The molecule has 0 saturated carbocycles. The molecule has 44 heavy (non-hydrogen) atoms. The van der Waals surface area contributed by atoms with Crippen molar-refractivity contribution in [2.75, 3.05) is 94.8 Å². The van der Waals surface area contributed by atoms with Crippen molar-refractivity contribution >= 4 is 22.1 Å². The van der Waals surface area contributed by atoms with Crippen molar-refractivity contribution in [3.8, 4) is 34.3 Å². The summed E-state index contributed by atoms with van der Waals surface area (Å²) in [6.45, 7) is 7.13. The van der Waals surface area contributed by atoms with E-state index in [1.165, 1.54) is 0 Å². The summed E-state index contributed by atoms with van der Waals surface area (Å²) >= 11 is 0. The fourth-order valence-electron chi connectivity index (χ4n) is 4.82. The molecule has 0 aliphatic rings. The van der Waals surface area contributed by atoms with E-state index < -0.39 is 0 Å². The third-order valence-electron chi connectivity index (χ3n) is 7.68. The van der Waals surface area contributed by atoms with Gasteiger partial charge in [-0.05, 0) is 66.6 Å². The average Bonchev–Trinajstić information content (AvgIpc) is 3.63. The Kier molecular flexibility index (Phi) is 10.5. The molecule has 10 nitrogen and oxygen atoms in total. The van der Waals surface area contributed by atoms with E-state index in [0.717, 1.165) is 95.6 Å². The molecule has 0 radical (unpaired) electrons. The van der Waals surface area contributed by atoms with E-state index in [0.29, 0.717) is 13.2 Å². The van der Waals surface area contributed by atoms with Gasteiger partial charge < -0.3 is 39.0 Å². The summed E-state index contributed by atoms with van der Waals surface area (Å²) in [6, 6.07) is 20.3. The molecule has 2 heterocycles. The lowest BCUT2D eigenvalue weighted by atomic mass is 10.1. The second-order valence-corrected chi connectivity index (χ2v) is 12.0. The first-order valence-electron chi connectivity index (χ1n) is 15.3. The molecular weight excluding hydrogens is 552 g/mol. The molecule has 5 aromatic rings. The Morgan fingerprint density at radius 1 is 0.523 bits per heavy atom. The zero-order chi connectivity index (χ0) is 31.1. The van der Waals surface area contributed by atoms with Gasteiger partial charge in [-0.15, -0.1) is 0 Å². The Balaban J connectivity index is 1.18. The quantitative estimate of drug-likeness (QED) is 0.172. The van der Waals surface area contributed by atoms with Gasteiger partial charge in [0.15, 0.2) is 0 Å². The maximum Gasteiger partial charge on any atom is 0.138 e. The minimum atomic E-state index is 0.642. The van der Waals surface area contributed by atoms with Crippen LogP contribution in [0.2, 0.25) is 0 Å². The van der Waals surface area contributed by atoms with Crippen LogP contribution in [0.15, 0.2) is 60.7 Å². The highest BCUT2D eigenvalue weighted by Crippen LogP contribution is 2.28. The number of aromatic amines is 2. The van der Waals surface area contributed by atoms with Crippen LogP contribution in [-0.4, -0.2) is 134 Å². The Morgan fingerprint density at radius 2 is 0.932 bits per heavy atom. The molecule has 0 unspecified atom stereocenters. The smallest absolute Gasteiger partial charge is 0.138 e. The van der Waals surface area contributed by atoms with Crippen molar-refractivity contribution in [3.63, 3.8) is 0 Å². The summed E-state index contributed by atoms with van der Waals surface area (Å²) in [4.78, 5) is 25.5. The van der Waals surface area contributed by atoms with Gasteiger partial charge in [0.1, 0.15) is 36.4 Å². The van der Waals surface area contributed by atoms with Crippen LogP contribution in [0, 0.1) is 0 Å². The van der Waals surface area contributed by atoms with Gasteiger partial charge in [0, 0.05) is 62.5 Å². The van der Waals surface area contributed by atoms with Gasteiger partial charge in [-0.2, -0.15) is 0 Å². The highest BCUT2D eigenvalue weighted by atomic mass is 16.5. The van der Waals surface area contributed by atoms with E-state index in [-0.39, 0.29) is 0 Å². The molecule has 3 aromatic carbocycles.